The molecule has 2 amide bonds. The minimum absolute atomic E-state index is 0.0825. The molecule has 2 atom stereocenters. The SMILES string of the molecule is COC(=O)N(Cc1cc(C(F)(F)F)cc(C(F)(F)F)c1)C1CC(C2CC2)N(C(=O)OC(C)C)c2cc(Cl)c(C(F)(F)F)cc21. The van der Waals surface area contributed by atoms with Gasteiger partial charge in [-0.05, 0) is 80.5 Å². The molecule has 4 rings (SSSR count). The van der Waals surface area contributed by atoms with Crippen LogP contribution in [0.3, 0.4) is 0 Å². The first-order chi connectivity index (χ1) is 20.2. The second-order valence-electron chi connectivity index (χ2n) is 10.9. The average molecular weight is 661 g/mol. The number of carbonyl (C=O) groups excluding carboxylic acids is 2. The Bertz CT molecular complexity index is 1390. The summed E-state index contributed by atoms with van der Waals surface area (Å²) in [6, 6.07) is 0.125. The van der Waals surface area contributed by atoms with Crippen LogP contribution < -0.4 is 4.90 Å². The van der Waals surface area contributed by atoms with Crippen LogP contribution in [-0.2, 0) is 34.5 Å². The van der Waals surface area contributed by atoms with Gasteiger partial charge in [0.1, 0.15) is 0 Å². The highest BCUT2D eigenvalue weighted by Gasteiger charge is 2.49. The van der Waals surface area contributed by atoms with Crippen molar-refractivity contribution in [2.45, 2.75) is 76.4 Å². The van der Waals surface area contributed by atoms with Gasteiger partial charge in [0.25, 0.3) is 0 Å². The van der Waals surface area contributed by atoms with Gasteiger partial charge in [-0.3, -0.25) is 9.80 Å². The van der Waals surface area contributed by atoms with Crippen LogP contribution in [0.5, 0.6) is 0 Å². The van der Waals surface area contributed by atoms with E-state index < -0.39 is 82.7 Å². The Labute approximate surface area is 250 Å². The Hall–Kier alpha value is -3.36. The fraction of sp³-hybridized carbons (Fsp3) is 0.500. The first-order valence-electron chi connectivity index (χ1n) is 13.3. The summed E-state index contributed by atoms with van der Waals surface area (Å²) in [5, 5.41) is -0.772. The molecule has 6 nitrogen and oxygen atoms in total. The summed E-state index contributed by atoms with van der Waals surface area (Å²) in [7, 11) is 0.903. The molecule has 16 heteroatoms. The van der Waals surface area contributed by atoms with E-state index in [4.69, 9.17) is 21.1 Å². The number of nitrogens with zero attached hydrogens (tertiary/aromatic N) is 2. The number of methoxy groups -OCH3 is 1. The number of benzene rings is 2. The zero-order chi connectivity index (χ0) is 32.9. The van der Waals surface area contributed by atoms with Gasteiger partial charge in [-0.25, -0.2) is 9.59 Å². The lowest BCUT2D eigenvalue weighted by molar-refractivity contribution is -0.143. The summed E-state index contributed by atoms with van der Waals surface area (Å²) in [4.78, 5) is 28.2. The topological polar surface area (TPSA) is 59.1 Å². The van der Waals surface area contributed by atoms with Crippen LogP contribution in [0.25, 0.3) is 0 Å². The van der Waals surface area contributed by atoms with Crippen LogP contribution in [0.2, 0.25) is 5.02 Å². The van der Waals surface area contributed by atoms with E-state index in [2.05, 4.69) is 0 Å². The second-order valence-corrected chi connectivity index (χ2v) is 11.3. The highest BCUT2D eigenvalue weighted by atomic mass is 35.5. The Morgan fingerprint density at radius 1 is 0.932 bits per heavy atom. The van der Waals surface area contributed by atoms with Crippen molar-refractivity contribution < 1.29 is 58.6 Å². The second kappa shape index (κ2) is 11.9. The normalized spacial score (nSPS) is 19.1. The van der Waals surface area contributed by atoms with Crippen LogP contribution >= 0.6 is 11.6 Å². The molecule has 1 aliphatic carbocycles. The smallest absolute Gasteiger partial charge is 0.417 e. The van der Waals surface area contributed by atoms with Gasteiger partial charge in [0.15, 0.2) is 0 Å². The number of hydrogen-bond acceptors (Lipinski definition) is 4. The molecule has 0 saturated heterocycles. The molecule has 2 aliphatic rings. The molecule has 1 aliphatic heterocycles. The van der Waals surface area contributed by atoms with Crippen LogP contribution in [-0.4, -0.2) is 36.3 Å². The van der Waals surface area contributed by atoms with E-state index in [9.17, 15) is 49.1 Å². The number of ether oxygens (including phenoxy) is 2. The van der Waals surface area contributed by atoms with Gasteiger partial charge in [-0.2, -0.15) is 39.5 Å². The van der Waals surface area contributed by atoms with Gasteiger partial charge in [-0.1, -0.05) is 11.6 Å². The third-order valence-electron chi connectivity index (χ3n) is 7.32. The summed E-state index contributed by atoms with van der Waals surface area (Å²) >= 11 is 6.01. The number of fused-ring (bicyclic) bond motifs is 1. The number of alkyl halides is 9. The molecule has 1 heterocycles. The maximum absolute atomic E-state index is 14.0. The lowest BCUT2D eigenvalue weighted by Gasteiger charge is -2.44. The molecule has 0 spiro atoms. The van der Waals surface area contributed by atoms with Crippen LogP contribution in [0.1, 0.15) is 67.0 Å². The average Bonchev–Trinajstić information content (AvgIpc) is 3.73. The molecule has 0 N–H and O–H groups in total. The van der Waals surface area contributed by atoms with E-state index in [0.29, 0.717) is 31.0 Å². The summed E-state index contributed by atoms with van der Waals surface area (Å²) in [5.74, 6) is -0.184. The molecule has 2 unspecified atom stereocenters. The third kappa shape index (κ3) is 7.13. The lowest BCUT2D eigenvalue weighted by Crippen LogP contribution is -2.50. The van der Waals surface area contributed by atoms with Gasteiger partial charge in [0.2, 0.25) is 0 Å². The van der Waals surface area contributed by atoms with E-state index in [1.54, 1.807) is 13.8 Å². The predicted molar refractivity (Wildman–Crippen MR) is 139 cm³/mol. The van der Waals surface area contributed by atoms with Crippen molar-refractivity contribution in [3.8, 4) is 0 Å². The fourth-order valence-electron chi connectivity index (χ4n) is 5.31. The maximum Gasteiger partial charge on any atom is 0.417 e. The summed E-state index contributed by atoms with van der Waals surface area (Å²) in [6.07, 6.45) is -17.1. The van der Waals surface area contributed by atoms with Crippen molar-refractivity contribution in [2.75, 3.05) is 12.0 Å². The molecular weight excluding hydrogens is 635 g/mol. The number of halogens is 10. The van der Waals surface area contributed by atoms with Crippen molar-refractivity contribution in [3.05, 3.63) is 63.2 Å². The van der Waals surface area contributed by atoms with E-state index in [0.717, 1.165) is 23.0 Å². The number of anilines is 1. The van der Waals surface area contributed by atoms with Crippen LogP contribution in [0, 0.1) is 5.92 Å². The van der Waals surface area contributed by atoms with Gasteiger partial charge in [0.05, 0.1) is 46.7 Å². The van der Waals surface area contributed by atoms with Crippen molar-refractivity contribution in [1.29, 1.82) is 0 Å². The maximum atomic E-state index is 14.0. The first-order valence-corrected chi connectivity index (χ1v) is 13.6. The van der Waals surface area contributed by atoms with Crippen molar-refractivity contribution in [1.82, 2.24) is 4.90 Å². The zero-order valence-corrected chi connectivity index (χ0v) is 24.1. The molecular formula is C28H26ClF9N2O4. The van der Waals surface area contributed by atoms with Gasteiger partial charge >= 0.3 is 30.7 Å². The standard InChI is InChI=1S/C28H26ClF9N2O4/c1-13(2)44-25(42)40-21(15-4-5-15)11-22(18-9-19(28(36,37)38)20(29)10-23(18)40)39(24(41)43-3)12-14-6-16(26(30,31)32)8-17(7-14)27(33,34)35/h6-10,13,15,21-22H,4-5,11-12H2,1-3H3. The molecule has 2 aromatic carbocycles. The highest BCUT2D eigenvalue weighted by molar-refractivity contribution is 6.31. The van der Waals surface area contributed by atoms with E-state index >= 15 is 0 Å². The van der Waals surface area contributed by atoms with E-state index in [1.165, 1.54) is 0 Å². The largest absolute Gasteiger partial charge is 0.453 e. The minimum atomic E-state index is -5.18. The van der Waals surface area contributed by atoms with Gasteiger partial charge < -0.3 is 9.47 Å². The van der Waals surface area contributed by atoms with Crippen molar-refractivity contribution in [2.24, 2.45) is 5.92 Å². The lowest BCUT2D eigenvalue weighted by atomic mass is 9.86. The molecule has 0 aromatic heterocycles. The van der Waals surface area contributed by atoms with Gasteiger partial charge in [-0.15, -0.1) is 0 Å². The Balaban J connectivity index is 1.92. The number of carbonyl (C=O) groups is 2. The zero-order valence-electron chi connectivity index (χ0n) is 23.3. The molecule has 44 heavy (non-hydrogen) atoms. The summed E-state index contributed by atoms with van der Waals surface area (Å²) in [5.41, 5.74) is -5.62. The third-order valence-corrected chi connectivity index (χ3v) is 7.63. The molecule has 0 bridgehead atoms. The molecule has 1 fully saturated rings. The number of hydrogen-bond donors (Lipinski definition) is 0. The Morgan fingerprint density at radius 3 is 1.95 bits per heavy atom. The van der Waals surface area contributed by atoms with Crippen molar-refractivity contribution in [3.63, 3.8) is 0 Å². The molecule has 1 saturated carbocycles. The van der Waals surface area contributed by atoms with Gasteiger partial charge in [0, 0.05) is 12.6 Å². The van der Waals surface area contributed by atoms with Crippen LogP contribution in [0.4, 0.5) is 54.8 Å². The summed E-state index contributed by atoms with van der Waals surface area (Å²) < 4.78 is 133. The molecule has 242 valence electrons. The van der Waals surface area contributed by atoms with Crippen LogP contribution in [0.15, 0.2) is 30.3 Å². The predicted octanol–water partition coefficient (Wildman–Crippen LogP) is 9.24. The Morgan fingerprint density at radius 2 is 1.50 bits per heavy atom. The number of rotatable bonds is 5. The quantitative estimate of drug-likeness (QED) is 0.300. The number of amides is 2. The first kappa shape index (κ1) is 33.5. The highest BCUT2D eigenvalue weighted by Crippen LogP contribution is 2.51. The fourth-order valence-corrected chi connectivity index (χ4v) is 5.58. The minimum Gasteiger partial charge on any atom is -0.453 e. The Kier molecular flexibility index (Phi) is 9.04. The molecule has 2 aromatic rings. The monoisotopic (exact) mass is 660 g/mol. The van der Waals surface area contributed by atoms with Crippen molar-refractivity contribution >= 4 is 29.5 Å². The summed E-state index contributed by atoms with van der Waals surface area (Å²) in [6.45, 7) is 2.21. The van der Waals surface area contributed by atoms with E-state index in [-0.39, 0.29) is 29.7 Å². The van der Waals surface area contributed by atoms with E-state index in [1.807, 2.05) is 0 Å². The molecule has 0 radical (unpaired) electrons.